The van der Waals surface area contributed by atoms with E-state index in [4.69, 9.17) is 16.3 Å². The van der Waals surface area contributed by atoms with Crippen molar-refractivity contribution in [2.45, 2.75) is 5.50 Å². The lowest BCUT2D eigenvalue weighted by Gasteiger charge is -2.18. The minimum absolute atomic E-state index is 0.155. The number of alkyl halides is 1. The molecule has 0 aliphatic carbocycles. The highest BCUT2D eigenvalue weighted by Crippen LogP contribution is 2.07. The van der Waals surface area contributed by atoms with Gasteiger partial charge in [0.05, 0.1) is 0 Å². The largest absolute Gasteiger partial charge is 0.483 e. The molecule has 0 amide bonds. The Bertz CT molecular complexity index is 153. The molecule has 0 aromatic heterocycles. The first-order chi connectivity index (χ1) is 4.34. The molecule has 1 N–H and O–H groups in total. The van der Waals surface area contributed by atoms with Crippen molar-refractivity contribution in [3.05, 3.63) is 5.76 Å². The summed E-state index contributed by atoms with van der Waals surface area (Å²) >= 11 is 5.55. The second-order valence-electron chi connectivity index (χ2n) is 1.63. The van der Waals surface area contributed by atoms with Gasteiger partial charge in [-0.1, -0.05) is 11.6 Å². The van der Waals surface area contributed by atoms with Crippen LogP contribution in [-0.2, 0) is 9.53 Å². The van der Waals surface area contributed by atoms with Crippen LogP contribution in [0.15, 0.2) is 5.76 Å². The molecule has 1 rings (SSSR count). The molecule has 0 aromatic carbocycles. The van der Waals surface area contributed by atoms with Crippen LogP contribution < -0.4 is 5.32 Å². The number of hydrogen-bond donors (Lipinski definition) is 1. The standard InChI is InChI=1S/C5H6ClNO2/c6-5-4(3-8)9-2-1-7-5/h5,7H,1-2H2. The Hall–Kier alpha value is -0.500. The summed E-state index contributed by atoms with van der Waals surface area (Å²) in [6, 6.07) is 0. The zero-order valence-corrected chi connectivity index (χ0v) is 5.44. The van der Waals surface area contributed by atoms with Gasteiger partial charge < -0.3 is 4.74 Å². The summed E-state index contributed by atoms with van der Waals surface area (Å²) in [5, 5.41) is 2.82. The molecular weight excluding hydrogens is 142 g/mol. The van der Waals surface area contributed by atoms with Crippen LogP contribution in [0.2, 0.25) is 0 Å². The average molecular weight is 148 g/mol. The first-order valence-electron chi connectivity index (χ1n) is 2.60. The van der Waals surface area contributed by atoms with Crippen molar-refractivity contribution in [3.8, 4) is 0 Å². The summed E-state index contributed by atoms with van der Waals surface area (Å²) in [7, 11) is 0. The van der Waals surface area contributed by atoms with Crippen LogP contribution in [0.3, 0.4) is 0 Å². The number of morpholine rings is 1. The van der Waals surface area contributed by atoms with Crippen molar-refractivity contribution in [1.82, 2.24) is 5.32 Å². The van der Waals surface area contributed by atoms with Crippen molar-refractivity contribution in [1.29, 1.82) is 0 Å². The lowest BCUT2D eigenvalue weighted by atomic mass is 10.4. The number of rotatable bonds is 0. The van der Waals surface area contributed by atoms with Crippen molar-refractivity contribution < 1.29 is 9.53 Å². The van der Waals surface area contributed by atoms with Gasteiger partial charge in [0.2, 0.25) is 5.76 Å². The fourth-order valence-electron chi connectivity index (χ4n) is 0.594. The zero-order chi connectivity index (χ0) is 6.69. The van der Waals surface area contributed by atoms with Gasteiger partial charge in [0.25, 0.3) is 0 Å². The van der Waals surface area contributed by atoms with Gasteiger partial charge in [0.1, 0.15) is 6.61 Å². The molecule has 3 nitrogen and oxygen atoms in total. The third-order valence-electron chi connectivity index (χ3n) is 1.01. The highest BCUT2D eigenvalue weighted by Gasteiger charge is 2.16. The van der Waals surface area contributed by atoms with Crippen LogP contribution in [0, 0.1) is 0 Å². The Balaban J connectivity index is 2.59. The topological polar surface area (TPSA) is 38.3 Å². The van der Waals surface area contributed by atoms with Crippen LogP contribution in [0.5, 0.6) is 0 Å². The summed E-state index contributed by atoms with van der Waals surface area (Å²) in [6.07, 6.45) is 0. The first kappa shape index (κ1) is 6.62. The van der Waals surface area contributed by atoms with E-state index >= 15 is 0 Å². The second kappa shape index (κ2) is 2.87. The van der Waals surface area contributed by atoms with Gasteiger partial charge in [-0.3, -0.25) is 5.32 Å². The highest BCUT2D eigenvalue weighted by atomic mass is 35.5. The molecule has 50 valence electrons. The maximum absolute atomic E-state index is 9.96. The SMILES string of the molecule is O=C=C1OCCNC1Cl. The molecule has 0 saturated carbocycles. The summed E-state index contributed by atoms with van der Waals surface area (Å²) in [6.45, 7) is 1.17. The Morgan fingerprint density at radius 2 is 2.67 bits per heavy atom. The molecule has 1 aliphatic heterocycles. The molecule has 9 heavy (non-hydrogen) atoms. The Morgan fingerprint density at radius 3 is 3.11 bits per heavy atom. The molecule has 1 atom stereocenters. The highest BCUT2D eigenvalue weighted by molar-refractivity contribution is 6.22. The molecule has 1 unspecified atom stereocenters. The van der Waals surface area contributed by atoms with E-state index in [2.05, 4.69) is 5.32 Å². The predicted molar refractivity (Wildman–Crippen MR) is 32.8 cm³/mol. The van der Waals surface area contributed by atoms with E-state index in [-0.39, 0.29) is 5.76 Å². The summed E-state index contributed by atoms with van der Waals surface area (Å²) in [5.74, 6) is 1.76. The predicted octanol–water partition coefficient (Wildman–Crippen LogP) is -0.113. The molecule has 0 aromatic rings. The molecule has 1 fully saturated rings. The molecule has 4 heteroatoms. The van der Waals surface area contributed by atoms with Gasteiger partial charge in [0.15, 0.2) is 11.4 Å². The minimum Gasteiger partial charge on any atom is -0.483 e. The maximum Gasteiger partial charge on any atom is 0.212 e. The van der Waals surface area contributed by atoms with Crippen molar-refractivity contribution in [3.63, 3.8) is 0 Å². The minimum atomic E-state index is -0.490. The number of ether oxygens (including phenoxy) is 1. The van der Waals surface area contributed by atoms with Gasteiger partial charge in [-0.15, -0.1) is 0 Å². The lowest BCUT2D eigenvalue weighted by molar-refractivity contribution is 0.172. The van der Waals surface area contributed by atoms with Crippen LogP contribution in [0.25, 0.3) is 0 Å². The lowest BCUT2D eigenvalue weighted by Crippen LogP contribution is -2.35. The molecule has 0 radical (unpaired) electrons. The molecule has 1 aliphatic rings. The van der Waals surface area contributed by atoms with Crippen LogP contribution in [0.1, 0.15) is 0 Å². The third kappa shape index (κ3) is 1.45. The van der Waals surface area contributed by atoms with Gasteiger partial charge in [0, 0.05) is 6.54 Å². The van der Waals surface area contributed by atoms with E-state index < -0.39 is 5.50 Å². The van der Waals surface area contributed by atoms with Crippen LogP contribution in [0.4, 0.5) is 0 Å². The normalized spacial score (nSPS) is 26.8. The number of halogens is 1. The van der Waals surface area contributed by atoms with Crippen molar-refractivity contribution in [2.75, 3.05) is 13.2 Å². The van der Waals surface area contributed by atoms with Crippen LogP contribution in [-0.4, -0.2) is 24.6 Å². The quantitative estimate of drug-likeness (QED) is 0.295. The van der Waals surface area contributed by atoms with E-state index in [0.29, 0.717) is 13.2 Å². The molecule has 0 spiro atoms. The van der Waals surface area contributed by atoms with Crippen LogP contribution >= 0.6 is 11.6 Å². The first-order valence-corrected chi connectivity index (χ1v) is 3.03. The second-order valence-corrected chi connectivity index (χ2v) is 2.07. The third-order valence-corrected chi connectivity index (χ3v) is 1.37. The molecule has 1 heterocycles. The monoisotopic (exact) mass is 147 g/mol. The number of carbonyl (C=O) groups excluding carboxylic acids is 1. The van der Waals surface area contributed by atoms with E-state index in [1.807, 2.05) is 0 Å². The summed E-state index contributed by atoms with van der Waals surface area (Å²) in [4.78, 5) is 9.96. The number of nitrogens with one attached hydrogen (secondary N) is 1. The van der Waals surface area contributed by atoms with E-state index in [1.54, 1.807) is 5.94 Å². The van der Waals surface area contributed by atoms with Gasteiger partial charge >= 0.3 is 0 Å². The van der Waals surface area contributed by atoms with E-state index in [1.165, 1.54) is 0 Å². The average Bonchev–Trinajstić information content (AvgIpc) is 1.89. The van der Waals surface area contributed by atoms with Crippen molar-refractivity contribution >= 4 is 17.5 Å². The van der Waals surface area contributed by atoms with Crippen molar-refractivity contribution in [2.24, 2.45) is 0 Å². The van der Waals surface area contributed by atoms with E-state index in [0.717, 1.165) is 0 Å². The molecule has 0 bridgehead atoms. The summed E-state index contributed by atoms with van der Waals surface area (Å²) < 4.78 is 4.84. The number of hydrogen-bond acceptors (Lipinski definition) is 3. The molecule has 1 saturated heterocycles. The Kier molecular flexibility index (Phi) is 2.11. The zero-order valence-electron chi connectivity index (χ0n) is 4.69. The smallest absolute Gasteiger partial charge is 0.212 e. The van der Waals surface area contributed by atoms with E-state index in [9.17, 15) is 4.79 Å². The van der Waals surface area contributed by atoms with Gasteiger partial charge in [-0.05, 0) is 0 Å². The summed E-state index contributed by atoms with van der Waals surface area (Å²) in [5.41, 5.74) is -0.490. The fraction of sp³-hybridized carbons (Fsp3) is 0.600. The van der Waals surface area contributed by atoms with Gasteiger partial charge in [-0.25, -0.2) is 4.79 Å². The molecular formula is C5H6ClNO2. The van der Waals surface area contributed by atoms with Gasteiger partial charge in [-0.2, -0.15) is 0 Å². The Morgan fingerprint density at radius 1 is 1.89 bits per heavy atom. The Labute approximate surface area is 57.6 Å². The maximum atomic E-state index is 9.96. The fourth-order valence-corrected chi connectivity index (χ4v) is 0.810.